The maximum absolute atomic E-state index is 12.6. The predicted molar refractivity (Wildman–Crippen MR) is 88.5 cm³/mol. The van der Waals surface area contributed by atoms with Crippen LogP contribution in [0.4, 0.5) is 0 Å². The van der Waals surface area contributed by atoms with E-state index in [1.54, 1.807) is 14.2 Å². The summed E-state index contributed by atoms with van der Waals surface area (Å²) < 4.78 is 10.4. The summed E-state index contributed by atoms with van der Waals surface area (Å²) in [5, 5.41) is 6.33. The molecule has 1 saturated heterocycles. The van der Waals surface area contributed by atoms with E-state index in [2.05, 4.69) is 10.6 Å². The largest absolute Gasteiger partial charge is 0.497 e. The fraction of sp³-hybridized carbons (Fsp3) is 0.562. The molecule has 2 N–H and O–H groups in total. The van der Waals surface area contributed by atoms with Crippen molar-refractivity contribution in [3.63, 3.8) is 0 Å². The zero-order chi connectivity index (χ0) is 15.1. The molecule has 0 aliphatic carbocycles. The fourth-order valence-electron chi connectivity index (χ4n) is 2.73. The number of rotatable bonds is 6. The van der Waals surface area contributed by atoms with Crippen molar-refractivity contribution in [3.8, 4) is 5.75 Å². The van der Waals surface area contributed by atoms with Crippen LogP contribution in [0.25, 0.3) is 0 Å². The summed E-state index contributed by atoms with van der Waals surface area (Å²) in [4.78, 5) is 12.6. The highest BCUT2D eigenvalue weighted by Gasteiger charge is 2.39. The maximum Gasteiger partial charge on any atom is 0.228 e. The summed E-state index contributed by atoms with van der Waals surface area (Å²) >= 11 is 0. The van der Waals surface area contributed by atoms with Crippen LogP contribution in [0.2, 0.25) is 0 Å². The molecule has 1 aromatic rings. The van der Waals surface area contributed by atoms with Crippen LogP contribution in [-0.4, -0.2) is 39.8 Å². The van der Waals surface area contributed by atoms with Crippen LogP contribution in [0.3, 0.4) is 0 Å². The van der Waals surface area contributed by atoms with E-state index >= 15 is 0 Å². The van der Waals surface area contributed by atoms with Crippen LogP contribution in [0, 0.1) is 5.41 Å². The zero-order valence-electron chi connectivity index (χ0n) is 13.2. The quantitative estimate of drug-likeness (QED) is 0.835. The maximum atomic E-state index is 12.6. The average Bonchev–Trinajstić information content (AvgIpc) is 2.54. The van der Waals surface area contributed by atoms with Gasteiger partial charge in [-0.15, -0.1) is 12.4 Å². The summed E-state index contributed by atoms with van der Waals surface area (Å²) in [6.45, 7) is 2.73. The number of carbonyl (C=O) groups excluding carboxylic acids is 1. The fourth-order valence-corrected chi connectivity index (χ4v) is 2.73. The second-order valence-corrected chi connectivity index (χ2v) is 5.49. The standard InChI is InChI=1S/C16H24N2O3.ClH/c1-20-12-16(7-9-17-10-8-16)15(19)18-11-13-3-5-14(21-2)6-4-13;/h3-6,17H,7-12H2,1-2H3,(H,18,19);1H. The molecule has 1 fully saturated rings. The van der Waals surface area contributed by atoms with Crippen LogP contribution < -0.4 is 15.4 Å². The van der Waals surface area contributed by atoms with Crippen molar-refractivity contribution in [3.05, 3.63) is 29.8 Å². The molecule has 22 heavy (non-hydrogen) atoms. The molecule has 0 bridgehead atoms. The Morgan fingerprint density at radius 3 is 2.41 bits per heavy atom. The molecule has 5 nitrogen and oxygen atoms in total. The number of hydrogen-bond donors (Lipinski definition) is 2. The van der Waals surface area contributed by atoms with Crippen LogP contribution in [-0.2, 0) is 16.1 Å². The molecule has 1 aromatic carbocycles. The van der Waals surface area contributed by atoms with E-state index in [9.17, 15) is 4.79 Å². The Hall–Kier alpha value is -1.30. The Kier molecular flexibility index (Phi) is 7.65. The van der Waals surface area contributed by atoms with Gasteiger partial charge in [0.25, 0.3) is 0 Å². The normalized spacial score (nSPS) is 16.5. The van der Waals surface area contributed by atoms with Crippen molar-refractivity contribution < 1.29 is 14.3 Å². The molecule has 1 amide bonds. The van der Waals surface area contributed by atoms with Crippen molar-refractivity contribution in [1.82, 2.24) is 10.6 Å². The molecule has 0 radical (unpaired) electrons. The van der Waals surface area contributed by atoms with E-state index in [-0.39, 0.29) is 18.3 Å². The van der Waals surface area contributed by atoms with Gasteiger partial charge in [-0.25, -0.2) is 0 Å². The number of benzene rings is 1. The van der Waals surface area contributed by atoms with Gasteiger partial charge in [0.1, 0.15) is 5.75 Å². The molecule has 1 heterocycles. The molecule has 0 atom stereocenters. The predicted octanol–water partition coefficient (Wildman–Crippen LogP) is 1.75. The Labute approximate surface area is 138 Å². The zero-order valence-corrected chi connectivity index (χ0v) is 14.0. The Morgan fingerprint density at radius 2 is 1.86 bits per heavy atom. The number of nitrogens with one attached hydrogen (secondary N) is 2. The van der Waals surface area contributed by atoms with Gasteiger partial charge in [-0.3, -0.25) is 4.79 Å². The summed E-state index contributed by atoms with van der Waals surface area (Å²) in [5.41, 5.74) is 0.664. The van der Waals surface area contributed by atoms with E-state index in [0.29, 0.717) is 13.2 Å². The molecular formula is C16H25ClN2O3. The lowest BCUT2D eigenvalue weighted by atomic mass is 9.78. The third-order valence-corrected chi connectivity index (χ3v) is 4.08. The van der Waals surface area contributed by atoms with Crippen molar-refractivity contribution in [1.29, 1.82) is 0 Å². The number of carbonyl (C=O) groups is 1. The molecular weight excluding hydrogens is 304 g/mol. The monoisotopic (exact) mass is 328 g/mol. The number of piperidine rings is 1. The van der Waals surface area contributed by atoms with Gasteiger partial charge < -0.3 is 20.1 Å². The van der Waals surface area contributed by atoms with Crippen molar-refractivity contribution in [2.75, 3.05) is 33.9 Å². The van der Waals surface area contributed by atoms with Gasteiger partial charge >= 0.3 is 0 Å². The Balaban J connectivity index is 0.00000242. The average molecular weight is 329 g/mol. The molecule has 0 unspecified atom stereocenters. The summed E-state index contributed by atoms with van der Waals surface area (Å²) in [6, 6.07) is 7.73. The Bertz CT molecular complexity index is 453. The van der Waals surface area contributed by atoms with E-state index in [1.807, 2.05) is 24.3 Å². The molecule has 124 valence electrons. The first-order chi connectivity index (χ1) is 10.2. The smallest absolute Gasteiger partial charge is 0.228 e. The molecule has 6 heteroatoms. The highest BCUT2D eigenvalue weighted by Crippen LogP contribution is 2.29. The first kappa shape index (κ1) is 18.7. The lowest BCUT2D eigenvalue weighted by Crippen LogP contribution is -2.49. The molecule has 1 aliphatic heterocycles. The summed E-state index contributed by atoms with van der Waals surface area (Å²) in [5.74, 6) is 0.904. The minimum absolute atomic E-state index is 0. The van der Waals surface area contributed by atoms with Gasteiger partial charge in [-0.1, -0.05) is 12.1 Å². The lowest BCUT2D eigenvalue weighted by Gasteiger charge is -2.35. The lowest BCUT2D eigenvalue weighted by molar-refractivity contribution is -0.136. The molecule has 1 aliphatic rings. The van der Waals surface area contributed by atoms with E-state index in [0.717, 1.165) is 37.2 Å². The van der Waals surface area contributed by atoms with Gasteiger partial charge in [0, 0.05) is 13.7 Å². The number of hydrogen-bond acceptors (Lipinski definition) is 4. The van der Waals surface area contributed by atoms with Crippen LogP contribution in [0.1, 0.15) is 18.4 Å². The molecule has 0 spiro atoms. The first-order valence-electron chi connectivity index (χ1n) is 7.31. The SMILES string of the molecule is COCC1(C(=O)NCc2ccc(OC)cc2)CCNCC1.Cl. The number of amides is 1. The first-order valence-corrected chi connectivity index (χ1v) is 7.31. The minimum Gasteiger partial charge on any atom is -0.497 e. The van der Waals surface area contributed by atoms with Gasteiger partial charge in [0.2, 0.25) is 5.91 Å². The second-order valence-electron chi connectivity index (χ2n) is 5.49. The second kappa shape index (κ2) is 8.98. The number of methoxy groups -OCH3 is 2. The highest BCUT2D eigenvalue weighted by atomic mass is 35.5. The van der Waals surface area contributed by atoms with Gasteiger partial charge in [-0.05, 0) is 43.6 Å². The third-order valence-electron chi connectivity index (χ3n) is 4.08. The molecule has 2 rings (SSSR count). The molecule has 0 aromatic heterocycles. The number of ether oxygens (including phenoxy) is 2. The van der Waals surface area contributed by atoms with Crippen LogP contribution in [0.15, 0.2) is 24.3 Å². The van der Waals surface area contributed by atoms with Gasteiger partial charge in [0.15, 0.2) is 0 Å². The molecule has 0 saturated carbocycles. The van der Waals surface area contributed by atoms with Crippen molar-refractivity contribution in [2.45, 2.75) is 19.4 Å². The van der Waals surface area contributed by atoms with Crippen molar-refractivity contribution >= 4 is 18.3 Å². The summed E-state index contributed by atoms with van der Waals surface area (Å²) in [7, 11) is 3.29. The minimum atomic E-state index is -0.396. The van der Waals surface area contributed by atoms with E-state index in [4.69, 9.17) is 9.47 Å². The number of halogens is 1. The van der Waals surface area contributed by atoms with Gasteiger partial charge in [0.05, 0.1) is 19.1 Å². The summed E-state index contributed by atoms with van der Waals surface area (Å²) in [6.07, 6.45) is 1.63. The van der Waals surface area contributed by atoms with Crippen LogP contribution >= 0.6 is 12.4 Å². The van der Waals surface area contributed by atoms with Gasteiger partial charge in [-0.2, -0.15) is 0 Å². The topological polar surface area (TPSA) is 59.6 Å². The Morgan fingerprint density at radius 1 is 1.23 bits per heavy atom. The van der Waals surface area contributed by atoms with E-state index < -0.39 is 5.41 Å². The van der Waals surface area contributed by atoms with Crippen LogP contribution in [0.5, 0.6) is 5.75 Å². The third kappa shape index (κ3) is 4.60. The van der Waals surface area contributed by atoms with Crippen molar-refractivity contribution in [2.24, 2.45) is 5.41 Å². The highest BCUT2D eigenvalue weighted by molar-refractivity contribution is 5.85. The van der Waals surface area contributed by atoms with E-state index in [1.165, 1.54) is 0 Å².